The van der Waals surface area contributed by atoms with E-state index in [-0.39, 0.29) is 18.0 Å². The summed E-state index contributed by atoms with van der Waals surface area (Å²) in [6, 6.07) is 17.7. The van der Waals surface area contributed by atoms with E-state index >= 15 is 0 Å². The first kappa shape index (κ1) is 21.9. The number of methoxy groups -OCH3 is 1. The molecule has 0 saturated carbocycles. The van der Waals surface area contributed by atoms with Crippen molar-refractivity contribution in [2.45, 2.75) is 6.61 Å². The van der Waals surface area contributed by atoms with Gasteiger partial charge in [-0.2, -0.15) is 0 Å². The topological polar surface area (TPSA) is 78.7 Å². The molecule has 0 bridgehead atoms. The minimum atomic E-state index is -0.198. The molecule has 174 valence electrons. The normalized spacial score (nSPS) is 13.8. The van der Waals surface area contributed by atoms with Crippen LogP contribution in [0.15, 0.2) is 65.7 Å². The molecule has 1 saturated heterocycles. The van der Waals surface area contributed by atoms with Gasteiger partial charge in [0.1, 0.15) is 17.7 Å². The number of benzene rings is 2. The number of hydrogen-bond acceptors (Lipinski definition) is 7. The largest absolute Gasteiger partial charge is 0.497 e. The standard InChI is InChI=1S/C26H26N4O4/c1-29-17-27-23-15-22(19-5-7-20(8-6-19)30-11-13-33-14-12-30)28-25(24(23)26(29)31)34-16-18-3-9-21(32-2)10-4-18/h3-10,15,17H,11-14,16H2,1-2H3. The van der Waals surface area contributed by atoms with Crippen molar-refractivity contribution in [1.29, 1.82) is 0 Å². The molecule has 0 unspecified atom stereocenters. The molecule has 0 spiro atoms. The fourth-order valence-electron chi connectivity index (χ4n) is 3.98. The Bertz CT molecular complexity index is 1340. The Labute approximate surface area is 197 Å². The molecule has 8 nitrogen and oxygen atoms in total. The summed E-state index contributed by atoms with van der Waals surface area (Å²) in [5, 5.41) is 0.368. The first-order valence-corrected chi connectivity index (χ1v) is 11.2. The molecule has 8 heteroatoms. The first-order chi connectivity index (χ1) is 16.6. The lowest BCUT2D eigenvalue weighted by Gasteiger charge is -2.28. The van der Waals surface area contributed by atoms with Gasteiger partial charge in [-0.05, 0) is 35.9 Å². The van der Waals surface area contributed by atoms with Gasteiger partial charge in [0, 0.05) is 31.4 Å². The van der Waals surface area contributed by atoms with Gasteiger partial charge < -0.3 is 23.7 Å². The molecule has 1 aliphatic heterocycles. The van der Waals surface area contributed by atoms with Crippen LogP contribution in [-0.2, 0) is 18.4 Å². The Balaban J connectivity index is 1.49. The second-order valence-electron chi connectivity index (χ2n) is 8.15. The van der Waals surface area contributed by atoms with Crippen molar-refractivity contribution >= 4 is 16.6 Å². The predicted octanol–water partition coefficient (Wildman–Crippen LogP) is 3.42. The van der Waals surface area contributed by atoms with Gasteiger partial charge in [0.05, 0.1) is 37.9 Å². The average Bonchev–Trinajstić information content (AvgIpc) is 2.90. The van der Waals surface area contributed by atoms with Crippen molar-refractivity contribution in [2.24, 2.45) is 7.05 Å². The van der Waals surface area contributed by atoms with Gasteiger partial charge in [0.25, 0.3) is 5.56 Å². The average molecular weight is 459 g/mol. The van der Waals surface area contributed by atoms with Crippen LogP contribution < -0.4 is 19.9 Å². The molecule has 34 heavy (non-hydrogen) atoms. The number of pyridine rings is 1. The monoisotopic (exact) mass is 458 g/mol. The molecule has 1 aliphatic rings. The minimum Gasteiger partial charge on any atom is -0.497 e. The van der Waals surface area contributed by atoms with Crippen LogP contribution in [0, 0.1) is 0 Å². The van der Waals surface area contributed by atoms with Crippen LogP contribution in [0.2, 0.25) is 0 Å². The molecular formula is C26H26N4O4. The van der Waals surface area contributed by atoms with Crippen LogP contribution in [0.3, 0.4) is 0 Å². The highest BCUT2D eigenvalue weighted by molar-refractivity contribution is 5.86. The maximum absolute atomic E-state index is 12.9. The van der Waals surface area contributed by atoms with E-state index in [0.29, 0.717) is 16.6 Å². The zero-order chi connectivity index (χ0) is 23.5. The molecule has 3 heterocycles. The van der Waals surface area contributed by atoms with E-state index in [0.717, 1.165) is 48.9 Å². The Morgan fingerprint density at radius 1 is 1.03 bits per heavy atom. The summed E-state index contributed by atoms with van der Waals surface area (Å²) in [7, 11) is 3.30. The summed E-state index contributed by atoms with van der Waals surface area (Å²) in [6.45, 7) is 3.50. The Morgan fingerprint density at radius 3 is 2.47 bits per heavy atom. The fraction of sp³-hybridized carbons (Fsp3) is 0.269. The SMILES string of the molecule is COc1ccc(COc2nc(-c3ccc(N4CCOCC4)cc3)cc3ncn(C)c(=O)c23)cc1. The number of fused-ring (bicyclic) bond motifs is 1. The zero-order valence-corrected chi connectivity index (χ0v) is 19.2. The fourth-order valence-corrected chi connectivity index (χ4v) is 3.98. The smallest absolute Gasteiger partial charge is 0.266 e. The third-order valence-electron chi connectivity index (χ3n) is 5.94. The van der Waals surface area contributed by atoms with Gasteiger partial charge in [0.2, 0.25) is 5.88 Å². The maximum Gasteiger partial charge on any atom is 0.266 e. The van der Waals surface area contributed by atoms with Crippen LogP contribution in [0.5, 0.6) is 11.6 Å². The second-order valence-corrected chi connectivity index (χ2v) is 8.15. The molecule has 0 aliphatic carbocycles. The molecule has 2 aromatic carbocycles. The number of anilines is 1. The Kier molecular flexibility index (Phi) is 6.14. The van der Waals surface area contributed by atoms with E-state index in [1.54, 1.807) is 14.2 Å². The van der Waals surface area contributed by atoms with Crippen LogP contribution in [0.1, 0.15) is 5.56 Å². The van der Waals surface area contributed by atoms with Crippen molar-refractivity contribution in [3.05, 3.63) is 76.8 Å². The lowest BCUT2D eigenvalue weighted by atomic mass is 10.1. The lowest BCUT2D eigenvalue weighted by molar-refractivity contribution is 0.122. The molecule has 4 aromatic rings. The van der Waals surface area contributed by atoms with Crippen molar-refractivity contribution in [2.75, 3.05) is 38.3 Å². The van der Waals surface area contributed by atoms with E-state index in [1.807, 2.05) is 42.5 Å². The number of nitrogens with zero attached hydrogens (tertiary/aromatic N) is 4. The van der Waals surface area contributed by atoms with E-state index in [1.165, 1.54) is 10.9 Å². The number of aryl methyl sites for hydroxylation is 1. The van der Waals surface area contributed by atoms with E-state index in [2.05, 4.69) is 22.0 Å². The molecule has 0 radical (unpaired) electrons. The van der Waals surface area contributed by atoms with Gasteiger partial charge in [-0.1, -0.05) is 24.3 Å². The van der Waals surface area contributed by atoms with Crippen LogP contribution in [-0.4, -0.2) is 47.9 Å². The van der Waals surface area contributed by atoms with Crippen LogP contribution >= 0.6 is 0 Å². The Morgan fingerprint density at radius 2 is 1.76 bits per heavy atom. The molecule has 0 N–H and O–H groups in total. The third kappa shape index (κ3) is 4.45. The van der Waals surface area contributed by atoms with Gasteiger partial charge >= 0.3 is 0 Å². The molecule has 5 rings (SSSR count). The summed E-state index contributed by atoms with van der Waals surface area (Å²) in [5.74, 6) is 1.04. The lowest BCUT2D eigenvalue weighted by Crippen LogP contribution is -2.36. The third-order valence-corrected chi connectivity index (χ3v) is 5.94. The molecule has 2 aromatic heterocycles. The predicted molar refractivity (Wildman–Crippen MR) is 131 cm³/mol. The minimum absolute atomic E-state index is 0.198. The number of aromatic nitrogens is 3. The first-order valence-electron chi connectivity index (χ1n) is 11.2. The van der Waals surface area contributed by atoms with Crippen molar-refractivity contribution < 1.29 is 14.2 Å². The number of rotatable bonds is 6. The highest BCUT2D eigenvalue weighted by Crippen LogP contribution is 2.28. The molecule has 0 atom stereocenters. The Hall–Kier alpha value is -3.91. The van der Waals surface area contributed by atoms with Crippen LogP contribution in [0.25, 0.3) is 22.2 Å². The van der Waals surface area contributed by atoms with E-state index < -0.39 is 0 Å². The number of morpholine rings is 1. The van der Waals surface area contributed by atoms with E-state index in [9.17, 15) is 4.79 Å². The quantitative estimate of drug-likeness (QED) is 0.438. The summed E-state index contributed by atoms with van der Waals surface area (Å²) < 4.78 is 18.2. The zero-order valence-electron chi connectivity index (χ0n) is 19.2. The number of ether oxygens (including phenoxy) is 3. The summed E-state index contributed by atoms with van der Waals surface area (Å²) in [5.41, 5.74) is 4.07. The highest BCUT2D eigenvalue weighted by atomic mass is 16.5. The van der Waals surface area contributed by atoms with Gasteiger partial charge in [-0.25, -0.2) is 9.97 Å². The summed E-state index contributed by atoms with van der Waals surface area (Å²) >= 11 is 0. The summed E-state index contributed by atoms with van der Waals surface area (Å²) in [6.07, 6.45) is 1.52. The van der Waals surface area contributed by atoms with Crippen LogP contribution in [0.4, 0.5) is 5.69 Å². The molecular weight excluding hydrogens is 432 g/mol. The van der Waals surface area contributed by atoms with E-state index in [4.69, 9.17) is 19.2 Å². The van der Waals surface area contributed by atoms with Crippen molar-refractivity contribution in [3.63, 3.8) is 0 Å². The maximum atomic E-state index is 12.9. The van der Waals surface area contributed by atoms with Gasteiger partial charge in [-0.3, -0.25) is 4.79 Å². The van der Waals surface area contributed by atoms with Crippen molar-refractivity contribution in [3.8, 4) is 22.9 Å². The van der Waals surface area contributed by atoms with Gasteiger partial charge in [0.15, 0.2) is 0 Å². The number of hydrogen-bond donors (Lipinski definition) is 0. The molecule has 0 amide bonds. The van der Waals surface area contributed by atoms with Crippen molar-refractivity contribution in [1.82, 2.24) is 14.5 Å². The highest BCUT2D eigenvalue weighted by Gasteiger charge is 2.16. The second kappa shape index (κ2) is 9.52. The van der Waals surface area contributed by atoms with Gasteiger partial charge in [-0.15, -0.1) is 0 Å². The summed E-state index contributed by atoms with van der Waals surface area (Å²) in [4.78, 5) is 24.4. The molecule has 1 fully saturated rings.